The van der Waals surface area contributed by atoms with Crippen molar-refractivity contribution in [1.82, 2.24) is 5.32 Å². The smallest absolute Gasteiger partial charge is 0.337 e. The summed E-state index contributed by atoms with van der Waals surface area (Å²) in [6.45, 7) is 1.87. The van der Waals surface area contributed by atoms with Gasteiger partial charge >= 0.3 is 5.97 Å². The van der Waals surface area contributed by atoms with Crippen molar-refractivity contribution in [3.63, 3.8) is 0 Å². The number of methoxy groups -OCH3 is 1. The van der Waals surface area contributed by atoms with Gasteiger partial charge in [0.05, 0.1) is 24.3 Å². The summed E-state index contributed by atoms with van der Waals surface area (Å²) >= 11 is 6.13. The van der Waals surface area contributed by atoms with Crippen LogP contribution in [0.4, 0.5) is 5.69 Å². The minimum Gasteiger partial charge on any atom is -0.465 e. The average molecular weight is 417 g/mol. The first kappa shape index (κ1) is 21.1. The van der Waals surface area contributed by atoms with E-state index in [9.17, 15) is 14.7 Å². The molecule has 0 radical (unpaired) electrons. The quantitative estimate of drug-likeness (QED) is 0.707. The van der Waals surface area contributed by atoms with Gasteiger partial charge in [0, 0.05) is 30.3 Å². The minimum absolute atomic E-state index is 0.181. The highest BCUT2D eigenvalue weighted by Gasteiger charge is 2.22. The lowest BCUT2D eigenvalue weighted by Gasteiger charge is -2.32. The first-order valence-corrected chi connectivity index (χ1v) is 10.0. The van der Waals surface area contributed by atoms with Crippen molar-refractivity contribution in [1.29, 1.82) is 0 Å². The fraction of sp³-hybridized carbons (Fsp3) is 0.364. The van der Waals surface area contributed by atoms with Gasteiger partial charge in [0.25, 0.3) is 5.91 Å². The van der Waals surface area contributed by atoms with E-state index in [0.717, 1.165) is 11.3 Å². The van der Waals surface area contributed by atoms with Crippen LogP contribution in [-0.2, 0) is 11.2 Å². The highest BCUT2D eigenvalue weighted by molar-refractivity contribution is 6.31. The van der Waals surface area contributed by atoms with Gasteiger partial charge in [-0.25, -0.2) is 4.79 Å². The van der Waals surface area contributed by atoms with E-state index in [1.54, 1.807) is 24.3 Å². The Morgan fingerprint density at radius 3 is 2.52 bits per heavy atom. The molecule has 1 amide bonds. The fourth-order valence-corrected chi connectivity index (χ4v) is 3.59. The molecule has 1 fully saturated rings. The third-order valence-electron chi connectivity index (χ3n) is 5.08. The van der Waals surface area contributed by atoms with Crippen LogP contribution in [-0.4, -0.2) is 49.8 Å². The number of ether oxygens (including phenoxy) is 1. The van der Waals surface area contributed by atoms with E-state index in [1.165, 1.54) is 7.11 Å². The predicted octanol–water partition coefficient (Wildman–Crippen LogP) is 3.06. The molecule has 0 saturated carbocycles. The summed E-state index contributed by atoms with van der Waals surface area (Å²) in [6, 6.07) is 12.4. The van der Waals surface area contributed by atoms with Crippen LogP contribution >= 0.6 is 11.6 Å². The van der Waals surface area contributed by atoms with Gasteiger partial charge in [0.2, 0.25) is 0 Å². The number of carbonyl (C=O) groups is 2. The van der Waals surface area contributed by atoms with Gasteiger partial charge in [-0.1, -0.05) is 23.7 Å². The van der Waals surface area contributed by atoms with E-state index in [4.69, 9.17) is 11.6 Å². The molecule has 2 N–H and O–H groups in total. The Labute approximate surface area is 175 Å². The molecule has 2 aromatic rings. The number of hydrogen-bond acceptors (Lipinski definition) is 5. The lowest BCUT2D eigenvalue weighted by atomic mass is 10.0. The van der Waals surface area contributed by atoms with Gasteiger partial charge in [-0.3, -0.25) is 4.79 Å². The summed E-state index contributed by atoms with van der Waals surface area (Å²) in [7, 11) is 1.35. The van der Waals surface area contributed by atoms with E-state index in [1.807, 2.05) is 18.2 Å². The maximum Gasteiger partial charge on any atom is 0.337 e. The highest BCUT2D eigenvalue weighted by Crippen LogP contribution is 2.27. The summed E-state index contributed by atoms with van der Waals surface area (Å²) in [6.07, 6.45) is 1.73. The Kier molecular flexibility index (Phi) is 7.12. The van der Waals surface area contributed by atoms with Crippen LogP contribution in [0.25, 0.3) is 0 Å². The number of benzene rings is 2. The van der Waals surface area contributed by atoms with Crippen molar-refractivity contribution in [3.05, 3.63) is 64.2 Å². The number of rotatable bonds is 6. The van der Waals surface area contributed by atoms with Crippen molar-refractivity contribution >= 4 is 29.2 Å². The number of aliphatic hydroxyl groups is 1. The number of anilines is 1. The summed E-state index contributed by atoms with van der Waals surface area (Å²) in [5, 5.41) is 13.2. The van der Waals surface area contributed by atoms with E-state index >= 15 is 0 Å². The van der Waals surface area contributed by atoms with E-state index in [-0.39, 0.29) is 18.0 Å². The average Bonchev–Trinajstić information content (AvgIpc) is 2.74. The van der Waals surface area contributed by atoms with Crippen molar-refractivity contribution in [2.75, 3.05) is 31.6 Å². The molecule has 1 aliphatic rings. The number of halogens is 1. The molecular formula is C22H25ClN2O4. The molecular weight excluding hydrogens is 392 g/mol. The molecule has 0 aliphatic carbocycles. The van der Waals surface area contributed by atoms with Crippen molar-refractivity contribution in [2.24, 2.45) is 0 Å². The Balaban J connectivity index is 1.62. The first-order chi connectivity index (χ1) is 14.0. The molecule has 29 heavy (non-hydrogen) atoms. The molecule has 6 nitrogen and oxygen atoms in total. The zero-order chi connectivity index (χ0) is 20.8. The van der Waals surface area contributed by atoms with Crippen molar-refractivity contribution < 1.29 is 19.4 Å². The number of hydrogen-bond donors (Lipinski definition) is 2. The number of nitrogens with one attached hydrogen (secondary N) is 1. The topological polar surface area (TPSA) is 78.9 Å². The summed E-state index contributed by atoms with van der Waals surface area (Å²) in [4.78, 5) is 26.4. The molecule has 1 aliphatic heterocycles. The Morgan fingerprint density at radius 1 is 1.17 bits per heavy atom. The number of piperidine rings is 1. The highest BCUT2D eigenvalue weighted by atomic mass is 35.5. The van der Waals surface area contributed by atoms with Gasteiger partial charge in [-0.05, 0) is 55.2 Å². The first-order valence-electron chi connectivity index (χ1n) is 9.66. The molecule has 0 aromatic heterocycles. The molecule has 2 aromatic carbocycles. The Bertz CT molecular complexity index is 862. The van der Waals surface area contributed by atoms with Crippen LogP contribution in [0.3, 0.4) is 0 Å². The minimum atomic E-state index is -0.372. The molecule has 1 saturated heterocycles. The van der Waals surface area contributed by atoms with Crippen LogP contribution in [0.1, 0.15) is 39.1 Å². The van der Waals surface area contributed by atoms with Gasteiger partial charge < -0.3 is 20.1 Å². The van der Waals surface area contributed by atoms with Crippen LogP contribution in [0.5, 0.6) is 0 Å². The Hall–Kier alpha value is -2.57. The third-order valence-corrected chi connectivity index (χ3v) is 5.32. The lowest BCUT2D eigenvalue weighted by molar-refractivity contribution is 0.0600. The van der Waals surface area contributed by atoms with E-state index in [0.29, 0.717) is 55.0 Å². The fourth-order valence-electron chi connectivity index (χ4n) is 3.41. The van der Waals surface area contributed by atoms with E-state index in [2.05, 4.69) is 15.0 Å². The molecule has 0 atom stereocenters. The SMILES string of the molecule is COC(=O)c1ccc(CCNC(=O)c2cc(Cl)ccc2N2CCC(O)CC2)cc1. The van der Waals surface area contributed by atoms with Crippen LogP contribution in [0.2, 0.25) is 5.02 Å². The summed E-state index contributed by atoms with van der Waals surface area (Å²) in [5.74, 6) is -0.552. The van der Waals surface area contributed by atoms with Crippen LogP contribution in [0, 0.1) is 0 Å². The largest absolute Gasteiger partial charge is 0.465 e. The monoisotopic (exact) mass is 416 g/mol. The summed E-state index contributed by atoms with van der Waals surface area (Å²) in [5.41, 5.74) is 2.88. The van der Waals surface area contributed by atoms with Crippen LogP contribution in [0.15, 0.2) is 42.5 Å². The van der Waals surface area contributed by atoms with Crippen molar-refractivity contribution in [3.8, 4) is 0 Å². The number of carbonyl (C=O) groups excluding carboxylic acids is 2. The van der Waals surface area contributed by atoms with Gasteiger partial charge in [0.15, 0.2) is 0 Å². The third kappa shape index (κ3) is 5.49. The number of nitrogens with zero attached hydrogens (tertiary/aromatic N) is 1. The van der Waals surface area contributed by atoms with Gasteiger partial charge in [-0.15, -0.1) is 0 Å². The molecule has 1 heterocycles. The van der Waals surface area contributed by atoms with Crippen LogP contribution < -0.4 is 10.2 Å². The molecule has 154 valence electrons. The van der Waals surface area contributed by atoms with Crippen molar-refractivity contribution in [2.45, 2.75) is 25.4 Å². The Morgan fingerprint density at radius 2 is 1.86 bits per heavy atom. The zero-order valence-electron chi connectivity index (χ0n) is 16.4. The maximum absolute atomic E-state index is 12.8. The number of amides is 1. The van der Waals surface area contributed by atoms with Gasteiger partial charge in [-0.2, -0.15) is 0 Å². The van der Waals surface area contributed by atoms with Gasteiger partial charge in [0.1, 0.15) is 0 Å². The molecule has 0 bridgehead atoms. The predicted molar refractivity (Wildman–Crippen MR) is 113 cm³/mol. The second kappa shape index (κ2) is 9.76. The summed E-state index contributed by atoms with van der Waals surface area (Å²) < 4.78 is 4.69. The zero-order valence-corrected chi connectivity index (χ0v) is 17.1. The number of esters is 1. The number of aliphatic hydroxyl groups excluding tert-OH is 1. The van der Waals surface area contributed by atoms with E-state index < -0.39 is 0 Å². The second-order valence-electron chi connectivity index (χ2n) is 7.07. The molecule has 3 rings (SSSR count). The molecule has 0 spiro atoms. The standard InChI is InChI=1S/C22H25ClN2O4/c1-29-22(28)16-4-2-15(3-5-16)8-11-24-21(27)19-14-17(23)6-7-20(19)25-12-9-18(26)10-13-25/h2-7,14,18,26H,8-13H2,1H3,(H,24,27). The normalized spacial score (nSPS) is 14.5. The maximum atomic E-state index is 12.8. The molecule has 7 heteroatoms. The lowest BCUT2D eigenvalue weighted by Crippen LogP contribution is -2.37. The molecule has 0 unspecified atom stereocenters. The second-order valence-corrected chi connectivity index (χ2v) is 7.51.